The third-order valence-corrected chi connectivity index (χ3v) is 4.85. The van der Waals surface area contributed by atoms with Gasteiger partial charge in [0.15, 0.2) is 5.76 Å². The van der Waals surface area contributed by atoms with E-state index in [1.54, 1.807) is 18.2 Å². The highest BCUT2D eigenvalue weighted by atomic mass is 19.1. The maximum Gasteiger partial charge on any atom is 0.176 e. The zero-order chi connectivity index (χ0) is 23.4. The summed E-state index contributed by atoms with van der Waals surface area (Å²) in [6, 6.07) is 10.3. The summed E-state index contributed by atoms with van der Waals surface area (Å²) in [5.74, 6) is 2.99. The largest absolute Gasteiger partial charge is 0.383 e. The molecule has 166 valence electrons. The molecule has 2 heterocycles. The maximum atomic E-state index is 15.0. The lowest BCUT2D eigenvalue weighted by atomic mass is 9.94. The van der Waals surface area contributed by atoms with Crippen LogP contribution in [0.3, 0.4) is 0 Å². The van der Waals surface area contributed by atoms with Gasteiger partial charge in [0.1, 0.15) is 35.9 Å². The molecule has 33 heavy (non-hydrogen) atoms. The van der Waals surface area contributed by atoms with Crippen LogP contribution in [0.25, 0.3) is 22.6 Å². The molecule has 4 rings (SSSR count). The first-order valence-corrected chi connectivity index (χ1v) is 9.80. The van der Waals surface area contributed by atoms with Gasteiger partial charge in [-0.05, 0) is 36.4 Å². The number of benzene rings is 2. The quantitative estimate of drug-likeness (QED) is 0.438. The van der Waals surface area contributed by atoms with Crippen LogP contribution in [0, 0.1) is 29.3 Å². The lowest BCUT2D eigenvalue weighted by molar-refractivity contribution is 0.220. The van der Waals surface area contributed by atoms with Crippen LogP contribution in [-0.2, 0) is 4.74 Å². The van der Waals surface area contributed by atoms with Crippen molar-refractivity contribution >= 4 is 0 Å². The van der Waals surface area contributed by atoms with Crippen molar-refractivity contribution in [2.45, 2.75) is 6.10 Å². The summed E-state index contributed by atoms with van der Waals surface area (Å²) in [7, 11) is 1.50. The Balaban J connectivity index is 1.87. The zero-order valence-electron chi connectivity index (χ0n) is 17.3. The van der Waals surface area contributed by atoms with Crippen LogP contribution in [-0.4, -0.2) is 29.0 Å². The van der Waals surface area contributed by atoms with Crippen LogP contribution in [0.15, 0.2) is 65.4 Å². The van der Waals surface area contributed by atoms with Crippen LogP contribution in [0.2, 0.25) is 0 Å². The van der Waals surface area contributed by atoms with Gasteiger partial charge in [0, 0.05) is 42.3 Å². The zero-order valence-corrected chi connectivity index (χ0v) is 17.3. The summed E-state index contributed by atoms with van der Waals surface area (Å²) in [6.07, 6.45) is 1.56. The highest BCUT2D eigenvalue weighted by molar-refractivity contribution is 5.75. The second-order valence-corrected chi connectivity index (χ2v) is 7.02. The molecule has 0 aliphatic rings. The molecule has 4 aromatic rings. The average molecular weight is 450 g/mol. The Morgan fingerprint density at radius 1 is 1.06 bits per heavy atom. The Labute approximate surface area is 187 Å². The van der Waals surface area contributed by atoms with Gasteiger partial charge in [-0.25, -0.2) is 13.2 Å². The van der Waals surface area contributed by atoms with Crippen molar-refractivity contribution in [3.63, 3.8) is 0 Å². The minimum absolute atomic E-state index is 0.0164. The number of aliphatic hydroxyl groups is 1. The van der Waals surface area contributed by atoms with E-state index >= 15 is 4.39 Å². The normalized spacial score (nSPS) is 11.7. The number of hydrogen-bond donors (Lipinski definition) is 1. The number of aromatic nitrogens is 2. The fraction of sp³-hybridized carbons (Fsp3) is 0.120. The number of aliphatic hydroxyl groups excluding tert-OH is 1. The summed E-state index contributed by atoms with van der Waals surface area (Å²) in [4.78, 5) is 3.98. The Morgan fingerprint density at radius 2 is 1.85 bits per heavy atom. The molecular formula is C25H17F3N2O3. The van der Waals surface area contributed by atoms with Gasteiger partial charge in [-0.2, -0.15) is 0 Å². The second kappa shape index (κ2) is 9.69. The van der Waals surface area contributed by atoms with Gasteiger partial charge < -0.3 is 14.4 Å². The molecule has 0 bridgehead atoms. The van der Waals surface area contributed by atoms with Crippen LogP contribution < -0.4 is 0 Å². The molecule has 5 nitrogen and oxygen atoms in total. The van der Waals surface area contributed by atoms with Crippen molar-refractivity contribution in [2.24, 2.45) is 0 Å². The van der Waals surface area contributed by atoms with Crippen molar-refractivity contribution < 1.29 is 27.5 Å². The molecule has 0 aliphatic carbocycles. The number of halogens is 3. The predicted octanol–water partition coefficient (Wildman–Crippen LogP) is 4.90. The number of nitrogens with zero attached hydrogens (tertiary/aromatic N) is 2. The highest BCUT2D eigenvalue weighted by Gasteiger charge is 2.29. The number of ether oxygens (including phenoxy) is 1. The Kier molecular flexibility index (Phi) is 6.54. The molecule has 0 amide bonds. The van der Waals surface area contributed by atoms with Crippen molar-refractivity contribution in [1.29, 1.82) is 0 Å². The van der Waals surface area contributed by atoms with Crippen molar-refractivity contribution in [1.82, 2.24) is 10.1 Å². The van der Waals surface area contributed by atoms with Gasteiger partial charge in [0.25, 0.3) is 0 Å². The van der Waals surface area contributed by atoms with E-state index in [1.165, 1.54) is 37.7 Å². The van der Waals surface area contributed by atoms with E-state index in [0.717, 1.165) is 6.07 Å². The van der Waals surface area contributed by atoms with Gasteiger partial charge in [-0.1, -0.05) is 23.1 Å². The van der Waals surface area contributed by atoms with Crippen molar-refractivity contribution in [3.8, 4) is 34.4 Å². The molecule has 1 N–H and O–H groups in total. The molecule has 0 spiro atoms. The third-order valence-electron chi connectivity index (χ3n) is 4.85. The molecule has 2 aromatic heterocycles. The van der Waals surface area contributed by atoms with E-state index in [2.05, 4.69) is 22.0 Å². The van der Waals surface area contributed by atoms with Crippen LogP contribution in [0.4, 0.5) is 13.2 Å². The van der Waals surface area contributed by atoms with Gasteiger partial charge >= 0.3 is 0 Å². The Hall–Kier alpha value is -3.93. The van der Waals surface area contributed by atoms with Crippen LogP contribution >= 0.6 is 0 Å². The molecule has 0 aliphatic heterocycles. The number of pyridine rings is 1. The molecule has 8 heteroatoms. The van der Waals surface area contributed by atoms with Crippen LogP contribution in [0.1, 0.15) is 22.8 Å². The van der Waals surface area contributed by atoms with E-state index in [1.807, 2.05) is 0 Å². The SMILES string of the molecule is COCC#Cc1ccc(-c2noc(-c3ccc(F)cc3F)c2C(O)c2cccnc2)c(F)c1. The lowest BCUT2D eigenvalue weighted by Crippen LogP contribution is -2.04. The number of rotatable bonds is 5. The smallest absolute Gasteiger partial charge is 0.176 e. The molecule has 0 fully saturated rings. The molecule has 0 saturated carbocycles. The van der Waals surface area contributed by atoms with Gasteiger partial charge in [0.05, 0.1) is 11.1 Å². The number of methoxy groups -OCH3 is 1. The van der Waals surface area contributed by atoms with E-state index < -0.39 is 23.6 Å². The van der Waals surface area contributed by atoms with Crippen molar-refractivity contribution in [2.75, 3.05) is 13.7 Å². The molecule has 0 saturated heterocycles. The first-order valence-electron chi connectivity index (χ1n) is 9.80. The first-order chi connectivity index (χ1) is 16.0. The topological polar surface area (TPSA) is 68.4 Å². The van der Waals surface area contributed by atoms with Crippen LogP contribution in [0.5, 0.6) is 0 Å². The fourth-order valence-corrected chi connectivity index (χ4v) is 3.31. The number of hydrogen-bond acceptors (Lipinski definition) is 5. The van der Waals surface area contributed by atoms with E-state index in [0.29, 0.717) is 17.2 Å². The fourth-order valence-electron chi connectivity index (χ4n) is 3.31. The second-order valence-electron chi connectivity index (χ2n) is 7.02. The minimum Gasteiger partial charge on any atom is -0.383 e. The third kappa shape index (κ3) is 4.65. The minimum atomic E-state index is -1.38. The molecule has 1 unspecified atom stereocenters. The Morgan fingerprint density at radius 3 is 2.55 bits per heavy atom. The maximum absolute atomic E-state index is 15.0. The molecule has 2 aromatic carbocycles. The van der Waals surface area contributed by atoms with E-state index in [9.17, 15) is 13.9 Å². The first kappa shape index (κ1) is 22.3. The van der Waals surface area contributed by atoms with Gasteiger partial charge in [0.2, 0.25) is 0 Å². The summed E-state index contributed by atoms with van der Waals surface area (Å²) in [5.41, 5.74) is 0.645. The lowest BCUT2D eigenvalue weighted by Gasteiger charge is -2.13. The summed E-state index contributed by atoms with van der Waals surface area (Å²) in [5, 5.41) is 15.0. The van der Waals surface area contributed by atoms with Gasteiger partial charge in [-0.15, -0.1) is 0 Å². The van der Waals surface area contributed by atoms with Gasteiger partial charge in [-0.3, -0.25) is 4.98 Å². The summed E-state index contributed by atoms with van der Waals surface area (Å²) < 4.78 is 53.3. The highest BCUT2D eigenvalue weighted by Crippen LogP contribution is 2.40. The van der Waals surface area contributed by atoms with E-state index in [4.69, 9.17) is 9.26 Å². The summed E-state index contributed by atoms with van der Waals surface area (Å²) >= 11 is 0. The predicted molar refractivity (Wildman–Crippen MR) is 114 cm³/mol. The monoisotopic (exact) mass is 450 g/mol. The standard InChI is InChI=1S/C25H17F3N2O3/c1-32-11-3-4-15-6-8-18(20(27)12-15)23-22(24(31)16-5-2-10-29-14-16)25(33-30-23)19-9-7-17(26)13-21(19)28/h2,5-10,12-14,24,31H,11H2,1H3. The summed E-state index contributed by atoms with van der Waals surface area (Å²) in [6.45, 7) is 0.195. The molecular weight excluding hydrogens is 433 g/mol. The average Bonchev–Trinajstić information content (AvgIpc) is 3.24. The molecule has 1 atom stereocenters. The Bertz CT molecular complexity index is 1340. The van der Waals surface area contributed by atoms with Crippen molar-refractivity contribution in [3.05, 3.63) is 95.1 Å². The molecule has 0 radical (unpaired) electrons. The van der Waals surface area contributed by atoms with E-state index in [-0.39, 0.29) is 34.8 Å².